The molecule has 0 saturated carbocycles. The van der Waals surface area contributed by atoms with Gasteiger partial charge in [-0.2, -0.15) is 0 Å². The summed E-state index contributed by atoms with van der Waals surface area (Å²) in [5, 5.41) is 1.44. The van der Waals surface area contributed by atoms with E-state index in [1.807, 2.05) is 24.3 Å². The standard InChI is InChI=1S/C11H10ClN3S/c12-10-3-1-2-9(15-10)7-16-11-5-4-8(13)6-14-11/h1-6H,7,13H2. The first-order chi connectivity index (χ1) is 7.74. The summed E-state index contributed by atoms with van der Waals surface area (Å²) in [6.07, 6.45) is 1.65. The molecule has 0 saturated heterocycles. The van der Waals surface area contributed by atoms with E-state index in [1.165, 1.54) is 0 Å². The van der Waals surface area contributed by atoms with Gasteiger partial charge in [0, 0.05) is 5.75 Å². The first-order valence-corrected chi connectivity index (χ1v) is 6.06. The van der Waals surface area contributed by atoms with Crippen LogP contribution in [0.2, 0.25) is 5.15 Å². The lowest BCUT2D eigenvalue weighted by molar-refractivity contribution is 1.12. The van der Waals surface area contributed by atoms with Crippen molar-refractivity contribution in [2.24, 2.45) is 0 Å². The average molecular weight is 252 g/mol. The molecule has 0 aliphatic carbocycles. The Morgan fingerprint density at radius 3 is 2.81 bits per heavy atom. The van der Waals surface area contributed by atoms with Crippen molar-refractivity contribution in [3.05, 3.63) is 47.4 Å². The molecule has 2 aromatic rings. The summed E-state index contributed by atoms with van der Waals surface area (Å²) in [5.41, 5.74) is 7.16. The topological polar surface area (TPSA) is 51.8 Å². The van der Waals surface area contributed by atoms with E-state index in [4.69, 9.17) is 17.3 Å². The van der Waals surface area contributed by atoms with Crippen molar-refractivity contribution in [2.45, 2.75) is 10.8 Å². The van der Waals surface area contributed by atoms with Crippen molar-refractivity contribution in [3.63, 3.8) is 0 Å². The molecule has 16 heavy (non-hydrogen) atoms. The predicted molar refractivity (Wildman–Crippen MR) is 67.5 cm³/mol. The van der Waals surface area contributed by atoms with Crippen molar-refractivity contribution >= 4 is 29.1 Å². The van der Waals surface area contributed by atoms with Crippen LogP contribution in [0, 0.1) is 0 Å². The van der Waals surface area contributed by atoms with Gasteiger partial charge >= 0.3 is 0 Å². The molecule has 0 atom stereocenters. The SMILES string of the molecule is Nc1ccc(SCc2cccc(Cl)n2)nc1. The number of nitrogens with two attached hydrogens (primary N) is 1. The maximum absolute atomic E-state index is 5.79. The number of hydrogen-bond acceptors (Lipinski definition) is 4. The molecule has 2 N–H and O–H groups in total. The van der Waals surface area contributed by atoms with Crippen LogP contribution in [0.15, 0.2) is 41.6 Å². The van der Waals surface area contributed by atoms with Crippen LogP contribution in [-0.4, -0.2) is 9.97 Å². The summed E-state index contributed by atoms with van der Waals surface area (Å²) in [4.78, 5) is 8.39. The molecule has 2 aromatic heterocycles. The van der Waals surface area contributed by atoms with Gasteiger partial charge in [-0.25, -0.2) is 9.97 Å². The highest BCUT2D eigenvalue weighted by Crippen LogP contribution is 2.20. The van der Waals surface area contributed by atoms with Crippen LogP contribution >= 0.6 is 23.4 Å². The van der Waals surface area contributed by atoms with E-state index in [2.05, 4.69) is 9.97 Å². The molecule has 0 aliphatic rings. The lowest BCUT2D eigenvalue weighted by Crippen LogP contribution is -1.89. The van der Waals surface area contributed by atoms with Crippen molar-refractivity contribution in [1.29, 1.82) is 0 Å². The van der Waals surface area contributed by atoms with Gasteiger partial charge in [0.15, 0.2) is 0 Å². The number of hydrogen-bond donors (Lipinski definition) is 1. The molecule has 82 valence electrons. The number of thioether (sulfide) groups is 1. The second kappa shape index (κ2) is 5.18. The average Bonchev–Trinajstić information content (AvgIpc) is 2.28. The zero-order chi connectivity index (χ0) is 11.4. The Hall–Kier alpha value is -1.26. The second-order valence-corrected chi connectivity index (χ2v) is 4.55. The summed E-state index contributed by atoms with van der Waals surface area (Å²) >= 11 is 7.40. The molecular formula is C11H10ClN3S. The Labute approximate surface area is 103 Å². The Kier molecular flexibility index (Phi) is 3.64. The monoisotopic (exact) mass is 251 g/mol. The number of nitrogens with zero attached hydrogens (tertiary/aromatic N) is 2. The van der Waals surface area contributed by atoms with Gasteiger partial charge in [0.25, 0.3) is 0 Å². The lowest BCUT2D eigenvalue weighted by atomic mass is 10.4. The van der Waals surface area contributed by atoms with Crippen LogP contribution in [0.4, 0.5) is 5.69 Å². The summed E-state index contributed by atoms with van der Waals surface area (Å²) < 4.78 is 0. The van der Waals surface area contributed by atoms with Crippen LogP contribution in [0.5, 0.6) is 0 Å². The van der Waals surface area contributed by atoms with Gasteiger partial charge in [-0.3, -0.25) is 0 Å². The van der Waals surface area contributed by atoms with Gasteiger partial charge in [0.1, 0.15) is 5.15 Å². The number of nitrogen functional groups attached to an aromatic ring is 1. The Morgan fingerprint density at radius 2 is 2.12 bits per heavy atom. The third kappa shape index (κ3) is 3.12. The molecule has 0 bridgehead atoms. The van der Waals surface area contributed by atoms with Crippen molar-refractivity contribution < 1.29 is 0 Å². The van der Waals surface area contributed by atoms with E-state index >= 15 is 0 Å². The van der Waals surface area contributed by atoms with E-state index in [1.54, 1.807) is 24.0 Å². The predicted octanol–water partition coefficient (Wildman–Crippen LogP) is 3.00. The molecule has 0 radical (unpaired) electrons. The molecule has 2 rings (SSSR count). The number of halogens is 1. The van der Waals surface area contributed by atoms with E-state index in [-0.39, 0.29) is 0 Å². The van der Waals surface area contributed by atoms with E-state index in [0.717, 1.165) is 16.5 Å². The fraction of sp³-hybridized carbons (Fsp3) is 0.0909. The van der Waals surface area contributed by atoms with Crippen LogP contribution in [0.1, 0.15) is 5.69 Å². The summed E-state index contributed by atoms with van der Waals surface area (Å²) in [7, 11) is 0. The zero-order valence-electron chi connectivity index (χ0n) is 8.43. The number of aromatic nitrogens is 2. The van der Waals surface area contributed by atoms with Gasteiger partial charge in [0.2, 0.25) is 0 Å². The molecule has 0 unspecified atom stereocenters. The fourth-order valence-electron chi connectivity index (χ4n) is 1.16. The van der Waals surface area contributed by atoms with Crippen molar-refractivity contribution in [1.82, 2.24) is 9.97 Å². The van der Waals surface area contributed by atoms with Gasteiger partial charge in [-0.15, -0.1) is 11.8 Å². The van der Waals surface area contributed by atoms with Gasteiger partial charge in [0.05, 0.1) is 22.6 Å². The molecule has 5 heteroatoms. The minimum absolute atomic E-state index is 0.517. The highest BCUT2D eigenvalue weighted by atomic mass is 35.5. The fourth-order valence-corrected chi connectivity index (χ4v) is 2.09. The highest BCUT2D eigenvalue weighted by Gasteiger charge is 1.99. The Morgan fingerprint density at radius 1 is 1.25 bits per heavy atom. The molecule has 0 fully saturated rings. The summed E-state index contributed by atoms with van der Waals surface area (Å²) in [6.45, 7) is 0. The Balaban J connectivity index is 1.99. The third-order valence-electron chi connectivity index (χ3n) is 1.90. The van der Waals surface area contributed by atoms with Crippen molar-refractivity contribution in [3.8, 4) is 0 Å². The maximum Gasteiger partial charge on any atom is 0.129 e. The molecule has 0 spiro atoms. The van der Waals surface area contributed by atoms with Crippen LogP contribution < -0.4 is 5.73 Å². The number of anilines is 1. The first-order valence-electron chi connectivity index (χ1n) is 4.70. The maximum atomic E-state index is 5.79. The zero-order valence-corrected chi connectivity index (χ0v) is 10.0. The summed E-state index contributed by atoms with van der Waals surface area (Å²) in [6, 6.07) is 9.32. The third-order valence-corrected chi connectivity index (χ3v) is 3.09. The van der Waals surface area contributed by atoms with E-state index < -0.39 is 0 Å². The first kappa shape index (κ1) is 11.2. The van der Waals surface area contributed by atoms with Gasteiger partial charge in [-0.05, 0) is 24.3 Å². The van der Waals surface area contributed by atoms with Gasteiger partial charge < -0.3 is 5.73 Å². The summed E-state index contributed by atoms with van der Waals surface area (Å²) in [5.74, 6) is 0.747. The van der Waals surface area contributed by atoms with Crippen molar-refractivity contribution in [2.75, 3.05) is 5.73 Å². The minimum atomic E-state index is 0.517. The largest absolute Gasteiger partial charge is 0.397 e. The lowest BCUT2D eigenvalue weighted by Gasteiger charge is -2.01. The number of rotatable bonds is 3. The highest BCUT2D eigenvalue weighted by molar-refractivity contribution is 7.98. The van der Waals surface area contributed by atoms with E-state index in [0.29, 0.717) is 10.8 Å². The van der Waals surface area contributed by atoms with E-state index in [9.17, 15) is 0 Å². The molecule has 0 aliphatic heterocycles. The Bertz CT molecular complexity index is 473. The molecule has 0 amide bonds. The van der Waals surface area contributed by atoms with Crippen LogP contribution in [-0.2, 0) is 5.75 Å². The smallest absolute Gasteiger partial charge is 0.129 e. The quantitative estimate of drug-likeness (QED) is 0.673. The molecule has 0 aromatic carbocycles. The normalized spacial score (nSPS) is 10.3. The molecule has 3 nitrogen and oxygen atoms in total. The van der Waals surface area contributed by atoms with Gasteiger partial charge in [-0.1, -0.05) is 17.7 Å². The molecule has 2 heterocycles. The van der Waals surface area contributed by atoms with Crippen LogP contribution in [0.3, 0.4) is 0 Å². The second-order valence-electron chi connectivity index (χ2n) is 3.17. The number of pyridine rings is 2. The van der Waals surface area contributed by atoms with Crippen LogP contribution in [0.25, 0.3) is 0 Å². The molecular weight excluding hydrogens is 242 g/mol. The minimum Gasteiger partial charge on any atom is -0.397 e.